The number of nitriles is 1. The smallest absolute Gasteiger partial charge is 0.182 e. The molecule has 0 aliphatic heterocycles. The first-order chi connectivity index (χ1) is 7.29. The predicted molar refractivity (Wildman–Crippen MR) is 62.7 cm³/mol. The van der Waals surface area contributed by atoms with Gasteiger partial charge in [-0.2, -0.15) is 5.26 Å². The highest BCUT2D eigenvalue weighted by Gasteiger charge is 2.27. The lowest BCUT2D eigenvalue weighted by Gasteiger charge is -2.01. The number of hydrogen-bond donors (Lipinski definition) is 1. The van der Waals surface area contributed by atoms with Crippen LogP contribution >= 0.6 is 15.9 Å². The van der Waals surface area contributed by atoms with Crippen molar-refractivity contribution in [1.29, 1.82) is 5.26 Å². The van der Waals surface area contributed by atoms with Gasteiger partial charge in [-0.25, -0.2) is 4.99 Å². The second-order valence-corrected chi connectivity index (χ2v) is 4.40. The van der Waals surface area contributed by atoms with E-state index in [4.69, 9.17) is 5.26 Å². The molecule has 3 nitrogen and oxygen atoms in total. The fourth-order valence-electron chi connectivity index (χ4n) is 1.29. The zero-order valence-corrected chi connectivity index (χ0v) is 9.66. The number of halogens is 1. The monoisotopic (exact) mass is 263 g/mol. The van der Waals surface area contributed by atoms with Crippen molar-refractivity contribution in [2.75, 3.05) is 0 Å². The van der Waals surface area contributed by atoms with Gasteiger partial charge in [-0.1, -0.05) is 15.9 Å². The van der Waals surface area contributed by atoms with Crippen molar-refractivity contribution >= 4 is 27.5 Å². The maximum Gasteiger partial charge on any atom is 0.182 e. The average molecular weight is 264 g/mol. The van der Waals surface area contributed by atoms with E-state index in [9.17, 15) is 0 Å². The van der Waals surface area contributed by atoms with Crippen LogP contribution in [0, 0.1) is 17.4 Å². The van der Waals surface area contributed by atoms with Crippen LogP contribution in [-0.2, 0) is 0 Å². The first-order valence-electron chi connectivity index (χ1n) is 4.79. The fraction of sp³-hybridized carbons (Fsp3) is 0.273. The van der Waals surface area contributed by atoms with E-state index in [2.05, 4.69) is 26.2 Å². The summed E-state index contributed by atoms with van der Waals surface area (Å²) in [5.74, 6) is 1.24. The maximum atomic E-state index is 8.59. The molecular formula is C11H10BrN3. The van der Waals surface area contributed by atoms with Crippen molar-refractivity contribution in [3.05, 3.63) is 28.7 Å². The third-order valence-electron chi connectivity index (χ3n) is 2.22. The molecule has 4 heteroatoms. The fourth-order valence-corrected chi connectivity index (χ4v) is 1.55. The van der Waals surface area contributed by atoms with E-state index in [0.717, 1.165) is 28.8 Å². The summed E-state index contributed by atoms with van der Waals surface area (Å²) in [6, 6.07) is 7.72. The summed E-state index contributed by atoms with van der Waals surface area (Å²) in [6.07, 6.45) is 4.19. The molecular weight excluding hydrogens is 254 g/mol. The third-order valence-corrected chi connectivity index (χ3v) is 2.75. The molecule has 0 radical (unpaired) electrons. The zero-order chi connectivity index (χ0) is 10.7. The molecule has 0 saturated heterocycles. The molecule has 0 heterocycles. The van der Waals surface area contributed by atoms with Gasteiger partial charge < -0.3 is 0 Å². The number of nitrogens with zero attached hydrogens (tertiary/aromatic N) is 2. The first-order valence-corrected chi connectivity index (χ1v) is 5.58. The molecule has 0 bridgehead atoms. The van der Waals surface area contributed by atoms with E-state index >= 15 is 0 Å². The third kappa shape index (κ3) is 2.80. The second-order valence-electron chi connectivity index (χ2n) is 3.48. The van der Waals surface area contributed by atoms with Gasteiger partial charge in [0.1, 0.15) is 5.84 Å². The number of hydrogen-bond acceptors (Lipinski definition) is 2. The summed E-state index contributed by atoms with van der Waals surface area (Å²) >= 11 is 3.37. The number of rotatable bonds is 2. The minimum absolute atomic E-state index is 0.452. The standard InChI is InChI=1S/C11H10BrN3/c12-9-3-5-10(6-4-9)15-11(14-7-13)8-1-2-8/h3-6,8H,1-2H2,(H,14,15). The molecule has 0 aromatic heterocycles. The van der Waals surface area contributed by atoms with Crippen LogP contribution in [0.5, 0.6) is 0 Å². The Morgan fingerprint density at radius 2 is 2.07 bits per heavy atom. The van der Waals surface area contributed by atoms with E-state index in [-0.39, 0.29) is 0 Å². The summed E-state index contributed by atoms with van der Waals surface area (Å²) < 4.78 is 1.03. The zero-order valence-electron chi connectivity index (χ0n) is 8.07. The molecule has 1 aliphatic carbocycles. The van der Waals surface area contributed by atoms with E-state index in [1.165, 1.54) is 0 Å². The topological polar surface area (TPSA) is 48.2 Å². The van der Waals surface area contributed by atoms with Gasteiger partial charge in [-0.3, -0.25) is 5.32 Å². The van der Waals surface area contributed by atoms with Crippen LogP contribution in [0.2, 0.25) is 0 Å². The first kappa shape index (κ1) is 10.2. The maximum absolute atomic E-state index is 8.59. The molecule has 1 aliphatic rings. The molecule has 1 saturated carbocycles. The molecule has 0 spiro atoms. The van der Waals surface area contributed by atoms with Crippen LogP contribution in [0.3, 0.4) is 0 Å². The van der Waals surface area contributed by atoms with E-state index in [1.54, 1.807) is 0 Å². The van der Waals surface area contributed by atoms with E-state index in [0.29, 0.717) is 5.92 Å². The lowest BCUT2D eigenvalue weighted by atomic mass is 10.3. The Hall–Kier alpha value is -1.34. The molecule has 1 N–H and O–H groups in total. The van der Waals surface area contributed by atoms with E-state index in [1.807, 2.05) is 30.5 Å². The number of amidine groups is 1. The molecule has 1 aromatic rings. The molecule has 1 aromatic carbocycles. The lowest BCUT2D eigenvalue weighted by Crippen LogP contribution is -2.19. The second kappa shape index (κ2) is 4.45. The van der Waals surface area contributed by atoms with Crippen molar-refractivity contribution in [2.24, 2.45) is 10.9 Å². The van der Waals surface area contributed by atoms with Gasteiger partial charge in [0.2, 0.25) is 0 Å². The van der Waals surface area contributed by atoms with Crippen molar-refractivity contribution in [3.8, 4) is 6.19 Å². The summed E-state index contributed by atoms with van der Waals surface area (Å²) in [5, 5.41) is 11.2. The Morgan fingerprint density at radius 1 is 1.40 bits per heavy atom. The van der Waals surface area contributed by atoms with Crippen LogP contribution in [-0.4, -0.2) is 5.84 Å². The van der Waals surface area contributed by atoms with Gasteiger partial charge in [-0.05, 0) is 37.1 Å². The predicted octanol–water partition coefficient (Wildman–Crippen LogP) is 2.96. The Balaban J connectivity index is 2.19. The van der Waals surface area contributed by atoms with E-state index < -0.39 is 0 Å². The van der Waals surface area contributed by atoms with Gasteiger partial charge in [-0.15, -0.1) is 0 Å². The Labute approximate surface area is 97.0 Å². The quantitative estimate of drug-likeness (QED) is 0.386. The average Bonchev–Trinajstić information content (AvgIpc) is 3.04. The summed E-state index contributed by atoms with van der Waals surface area (Å²) in [6.45, 7) is 0. The van der Waals surface area contributed by atoms with Gasteiger partial charge >= 0.3 is 0 Å². The molecule has 76 valence electrons. The van der Waals surface area contributed by atoms with Crippen molar-refractivity contribution < 1.29 is 0 Å². The minimum Gasteiger partial charge on any atom is -0.280 e. The summed E-state index contributed by atoms with van der Waals surface area (Å²) in [7, 11) is 0. The molecule has 1 fully saturated rings. The number of benzene rings is 1. The van der Waals surface area contributed by atoms with Crippen LogP contribution in [0.15, 0.2) is 33.7 Å². The Morgan fingerprint density at radius 3 is 2.60 bits per heavy atom. The highest BCUT2D eigenvalue weighted by atomic mass is 79.9. The lowest BCUT2D eigenvalue weighted by molar-refractivity contribution is 1.08. The Bertz CT molecular complexity index is 412. The van der Waals surface area contributed by atoms with Crippen LogP contribution in [0.4, 0.5) is 5.69 Å². The normalized spacial score (nSPS) is 15.9. The highest BCUT2D eigenvalue weighted by molar-refractivity contribution is 9.10. The van der Waals surface area contributed by atoms with Crippen molar-refractivity contribution in [3.63, 3.8) is 0 Å². The number of aliphatic imine (C=N–C) groups is 1. The SMILES string of the molecule is N#CN/C(=N/c1ccc(Br)cc1)C1CC1. The highest BCUT2D eigenvalue weighted by Crippen LogP contribution is 2.31. The van der Waals surface area contributed by atoms with Crippen LogP contribution < -0.4 is 5.32 Å². The van der Waals surface area contributed by atoms with Gasteiger partial charge in [0, 0.05) is 10.4 Å². The largest absolute Gasteiger partial charge is 0.280 e. The molecule has 15 heavy (non-hydrogen) atoms. The van der Waals surface area contributed by atoms with Crippen LogP contribution in [0.1, 0.15) is 12.8 Å². The van der Waals surface area contributed by atoms with Crippen LogP contribution in [0.25, 0.3) is 0 Å². The molecule has 0 atom stereocenters. The van der Waals surface area contributed by atoms with Crippen molar-refractivity contribution in [1.82, 2.24) is 5.32 Å². The van der Waals surface area contributed by atoms with Gasteiger partial charge in [0.15, 0.2) is 6.19 Å². The molecule has 2 rings (SSSR count). The van der Waals surface area contributed by atoms with Crippen molar-refractivity contribution in [2.45, 2.75) is 12.8 Å². The Kier molecular flexibility index (Phi) is 3.02. The molecule has 0 unspecified atom stereocenters. The molecule has 0 amide bonds. The number of nitrogens with one attached hydrogen (secondary N) is 1. The summed E-state index contributed by atoms with van der Waals surface area (Å²) in [4.78, 5) is 4.41. The minimum atomic E-state index is 0.452. The van der Waals surface area contributed by atoms with Gasteiger partial charge in [0.25, 0.3) is 0 Å². The summed E-state index contributed by atoms with van der Waals surface area (Å²) in [5.41, 5.74) is 0.878. The van der Waals surface area contributed by atoms with Gasteiger partial charge in [0.05, 0.1) is 5.69 Å².